The van der Waals surface area contributed by atoms with Gasteiger partial charge < -0.3 is 15.5 Å². The fourth-order valence-electron chi connectivity index (χ4n) is 3.47. The van der Waals surface area contributed by atoms with Crippen molar-refractivity contribution in [3.8, 4) is 0 Å². The maximum absolute atomic E-state index is 12.8. The molecule has 1 aliphatic heterocycles. The van der Waals surface area contributed by atoms with Crippen LogP contribution in [0.5, 0.6) is 0 Å². The predicted molar refractivity (Wildman–Crippen MR) is 109 cm³/mol. The molecule has 28 heavy (non-hydrogen) atoms. The van der Waals surface area contributed by atoms with Crippen molar-refractivity contribution < 1.29 is 9.59 Å². The van der Waals surface area contributed by atoms with E-state index in [1.54, 1.807) is 16.8 Å². The first-order valence-electron chi connectivity index (χ1n) is 9.51. The highest BCUT2D eigenvalue weighted by Gasteiger charge is 2.34. The molecule has 3 atom stereocenters. The van der Waals surface area contributed by atoms with Crippen LogP contribution in [0.15, 0.2) is 30.3 Å². The number of amides is 2. The lowest BCUT2D eigenvalue weighted by Crippen LogP contribution is -2.57. The molecule has 8 nitrogen and oxygen atoms in total. The molecule has 3 N–H and O–H groups in total. The average Bonchev–Trinajstić information content (AvgIpc) is 3.01. The van der Waals surface area contributed by atoms with Crippen molar-refractivity contribution in [2.45, 2.75) is 39.5 Å². The molecule has 3 unspecified atom stereocenters. The van der Waals surface area contributed by atoms with Crippen molar-refractivity contribution in [2.75, 3.05) is 24.3 Å². The van der Waals surface area contributed by atoms with Crippen LogP contribution in [0.25, 0.3) is 0 Å². The van der Waals surface area contributed by atoms with E-state index < -0.39 is 6.29 Å². The Morgan fingerprint density at radius 3 is 2.71 bits per heavy atom. The topological polar surface area (TPSA) is 91.3 Å². The number of hydrogen-bond acceptors (Lipinski definition) is 5. The summed E-state index contributed by atoms with van der Waals surface area (Å²) >= 11 is 0. The van der Waals surface area contributed by atoms with Gasteiger partial charge in [0.05, 0.1) is 11.6 Å². The summed E-state index contributed by atoms with van der Waals surface area (Å²) < 4.78 is 1.61. The highest BCUT2D eigenvalue weighted by Crippen LogP contribution is 2.22. The maximum Gasteiger partial charge on any atom is 0.256 e. The predicted octanol–water partition coefficient (Wildman–Crippen LogP) is 2.10. The third kappa shape index (κ3) is 4.01. The zero-order valence-corrected chi connectivity index (χ0v) is 17.0. The van der Waals surface area contributed by atoms with Crippen molar-refractivity contribution in [1.29, 1.82) is 0 Å². The molecule has 3 rings (SSSR count). The van der Waals surface area contributed by atoms with Crippen LogP contribution >= 0.6 is 0 Å². The minimum atomic E-state index is -0.512. The summed E-state index contributed by atoms with van der Waals surface area (Å²) in [6.07, 6.45) is 0.249. The van der Waals surface area contributed by atoms with E-state index in [1.165, 1.54) is 0 Å². The van der Waals surface area contributed by atoms with Gasteiger partial charge in [-0.15, -0.1) is 0 Å². The van der Waals surface area contributed by atoms with Crippen molar-refractivity contribution in [1.82, 2.24) is 20.4 Å². The molecule has 0 aliphatic carbocycles. The second kappa shape index (κ2) is 8.02. The van der Waals surface area contributed by atoms with Crippen molar-refractivity contribution >= 4 is 23.3 Å². The summed E-state index contributed by atoms with van der Waals surface area (Å²) in [5.74, 6) is 0.201. The van der Waals surface area contributed by atoms with Gasteiger partial charge in [0, 0.05) is 37.5 Å². The monoisotopic (exact) mass is 384 g/mol. The highest BCUT2D eigenvalue weighted by atomic mass is 16.2. The first kappa shape index (κ1) is 19.9. The molecule has 8 heteroatoms. The molecule has 2 heterocycles. The Balaban J connectivity index is 1.82. The fraction of sp³-hybridized carbons (Fsp3) is 0.450. The van der Waals surface area contributed by atoms with Gasteiger partial charge in [-0.25, -0.2) is 4.68 Å². The molecular weight excluding hydrogens is 356 g/mol. The van der Waals surface area contributed by atoms with E-state index in [-0.39, 0.29) is 23.8 Å². The molecular formula is C20H28N6O2. The van der Waals surface area contributed by atoms with Crippen molar-refractivity contribution in [3.05, 3.63) is 41.6 Å². The van der Waals surface area contributed by atoms with Crippen LogP contribution in [-0.2, 0) is 4.79 Å². The van der Waals surface area contributed by atoms with E-state index in [9.17, 15) is 9.59 Å². The van der Waals surface area contributed by atoms with Crippen LogP contribution in [0.2, 0.25) is 0 Å². The third-order valence-corrected chi connectivity index (χ3v) is 5.05. The van der Waals surface area contributed by atoms with Crippen LogP contribution in [0.4, 0.5) is 11.5 Å². The summed E-state index contributed by atoms with van der Waals surface area (Å²) in [7, 11) is 3.86. The highest BCUT2D eigenvalue weighted by molar-refractivity contribution is 6.04. The molecule has 2 aromatic rings. The number of anilines is 2. The van der Waals surface area contributed by atoms with Crippen LogP contribution in [-0.4, -0.2) is 41.7 Å². The Labute approximate surface area is 165 Å². The molecule has 1 aliphatic rings. The quantitative estimate of drug-likeness (QED) is 0.734. The van der Waals surface area contributed by atoms with Gasteiger partial charge in [0.1, 0.15) is 5.82 Å². The van der Waals surface area contributed by atoms with E-state index in [0.29, 0.717) is 11.4 Å². The fourth-order valence-corrected chi connectivity index (χ4v) is 3.47. The van der Waals surface area contributed by atoms with Gasteiger partial charge in [-0.1, -0.05) is 13.0 Å². The number of hydrogen-bond donors (Lipinski definition) is 3. The summed E-state index contributed by atoms with van der Waals surface area (Å²) in [5.41, 5.74) is 2.24. The Hall–Kier alpha value is -2.87. The van der Waals surface area contributed by atoms with Crippen molar-refractivity contribution in [2.24, 2.45) is 5.92 Å². The molecule has 0 radical (unpaired) electrons. The zero-order valence-electron chi connectivity index (χ0n) is 17.0. The number of carbonyl (C=O) groups excluding carboxylic acids is 2. The van der Waals surface area contributed by atoms with E-state index >= 15 is 0 Å². The second-order valence-corrected chi connectivity index (χ2v) is 7.40. The summed E-state index contributed by atoms with van der Waals surface area (Å²) in [6, 6.07) is 9.19. The molecule has 0 spiro atoms. The molecule has 0 saturated carbocycles. The molecule has 150 valence electrons. The van der Waals surface area contributed by atoms with Crippen LogP contribution in [0, 0.1) is 12.8 Å². The van der Waals surface area contributed by atoms with Crippen LogP contribution < -0.4 is 20.9 Å². The Morgan fingerprint density at radius 2 is 2.07 bits per heavy atom. The smallest absolute Gasteiger partial charge is 0.256 e. The number of nitrogens with zero attached hydrogens (tertiary/aromatic N) is 3. The Morgan fingerprint density at radius 1 is 1.32 bits per heavy atom. The second-order valence-electron chi connectivity index (χ2n) is 7.40. The van der Waals surface area contributed by atoms with Gasteiger partial charge >= 0.3 is 0 Å². The number of rotatable bonds is 5. The van der Waals surface area contributed by atoms with E-state index in [1.807, 2.05) is 58.0 Å². The van der Waals surface area contributed by atoms with Gasteiger partial charge in [-0.3, -0.25) is 14.9 Å². The standard InChI is InChI=1S/C20H28N6O2/c1-6-16-13(3)21-20(23-19(16)28)26-17(10-12(2)24-26)22-18(27)14-8-7-9-15(11-14)25(4)5/h7-11,13,16,20-21H,6H2,1-5H3,(H,22,27)(H,23,28). The number of aromatic nitrogens is 2. The lowest BCUT2D eigenvalue weighted by atomic mass is 9.95. The van der Waals surface area contributed by atoms with E-state index in [4.69, 9.17) is 0 Å². The number of carbonyl (C=O) groups is 2. The lowest BCUT2D eigenvalue weighted by molar-refractivity contribution is -0.130. The van der Waals surface area contributed by atoms with Gasteiger partial charge in [-0.2, -0.15) is 5.10 Å². The molecule has 1 aromatic carbocycles. The number of nitrogens with one attached hydrogen (secondary N) is 3. The number of aryl methyl sites for hydroxylation is 1. The summed E-state index contributed by atoms with van der Waals surface area (Å²) in [4.78, 5) is 27.1. The Kier molecular flexibility index (Phi) is 5.69. The first-order valence-corrected chi connectivity index (χ1v) is 9.51. The largest absolute Gasteiger partial charge is 0.378 e. The van der Waals surface area contributed by atoms with Gasteiger partial charge in [0.2, 0.25) is 5.91 Å². The van der Waals surface area contributed by atoms with E-state index in [2.05, 4.69) is 21.0 Å². The summed E-state index contributed by atoms with van der Waals surface area (Å²) in [5, 5.41) is 13.7. The van der Waals surface area contributed by atoms with Crippen LogP contribution in [0.3, 0.4) is 0 Å². The third-order valence-electron chi connectivity index (χ3n) is 5.05. The SMILES string of the molecule is CCC1C(=O)NC(n2nc(C)cc2NC(=O)c2cccc(N(C)C)c2)NC1C. The van der Waals surface area contributed by atoms with Gasteiger partial charge in [0.25, 0.3) is 5.91 Å². The Bertz CT molecular complexity index is 875. The zero-order chi connectivity index (χ0) is 20.4. The normalized spacial score (nSPS) is 21.9. The van der Waals surface area contributed by atoms with Gasteiger partial charge in [0.15, 0.2) is 6.29 Å². The first-order chi connectivity index (χ1) is 13.3. The molecule has 2 amide bonds. The summed E-state index contributed by atoms with van der Waals surface area (Å²) in [6.45, 7) is 5.83. The molecule has 1 aromatic heterocycles. The molecule has 1 fully saturated rings. The minimum Gasteiger partial charge on any atom is -0.378 e. The molecule has 1 saturated heterocycles. The van der Waals surface area contributed by atoms with Gasteiger partial charge in [-0.05, 0) is 38.5 Å². The molecule has 0 bridgehead atoms. The van der Waals surface area contributed by atoms with Crippen LogP contribution in [0.1, 0.15) is 42.6 Å². The minimum absolute atomic E-state index is 0.00794. The number of benzene rings is 1. The van der Waals surface area contributed by atoms with E-state index in [0.717, 1.165) is 17.8 Å². The lowest BCUT2D eigenvalue weighted by Gasteiger charge is -2.35. The van der Waals surface area contributed by atoms with Crippen molar-refractivity contribution in [3.63, 3.8) is 0 Å². The maximum atomic E-state index is 12.8. The average molecular weight is 384 g/mol.